The van der Waals surface area contributed by atoms with Crippen molar-refractivity contribution >= 4 is 28.7 Å². The van der Waals surface area contributed by atoms with Crippen molar-refractivity contribution in [3.05, 3.63) is 53.7 Å². The highest BCUT2D eigenvalue weighted by Gasteiger charge is 2.31. The Morgan fingerprint density at radius 3 is 2.88 bits per heavy atom. The molecule has 0 amide bonds. The molecule has 0 bridgehead atoms. The Morgan fingerprint density at radius 1 is 1.20 bits per heavy atom. The highest BCUT2D eigenvalue weighted by molar-refractivity contribution is 6.33. The van der Waals surface area contributed by atoms with Gasteiger partial charge in [-0.2, -0.15) is 0 Å². The smallest absolute Gasteiger partial charge is 0.338 e. The summed E-state index contributed by atoms with van der Waals surface area (Å²) in [5, 5.41) is 0.355. The SMILES string of the molecule is O=C(OC[C@@H]1CCC[C@H]1n1cnc2c(Cl)ncnc21)c1ccccc1. The van der Waals surface area contributed by atoms with Crippen LogP contribution in [0.1, 0.15) is 35.7 Å². The number of halogens is 1. The normalized spacial score (nSPS) is 20.0. The molecular weight excluding hydrogens is 340 g/mol. The van der Waals surface area contributed by atoms with E-state index in [1.165, 1.54) is 6.33 Å². The minimum absolute atomic E-state index is 0.194. The van der Waals surface area contributed by atoms with E-state index in [9.17, 15) is 4.79 Å². The molecule has 25 heavy (non-hydrogen) atoms. The lowest BCUT2D eigenvalue weighted by atomic mass is 10.0. The molecule has 1 saturated carbocycles. The quantitative estimate of drug-likeness (QED) is 0.527. The van der Waals surface area contributed by atoms with Crippen LogP contribution in [0.5, 0.6) is 0 Å². The van der Waals surface area contributed by atoms with Gasteiger partial charge in [0.05, 0.1) is 18.5 Å². The van der Waals surface area contributed by atoms with Gasteiger partial charge in [0, 0.05) is 12.0 Å². The van der Waals surface area contributed by atoms with Crippen molar-refractivity contribution in [1.82, 2.24) is 19.5 Å². The van der Waals surface area contributed by atoms with E-state index in [0.717, 1.165) is 24.9 Å². The lowest BCUT2D eigenvalue weighted by Gasteiger charge is -2.21. The van der Waals surface area contributed by atoms with Gasteiger partial charge in [0.15, 0.2) is 10.8 Å². The van der Waals surface area contributed by atoms with Gasteiger partial charge in [-0.15, -0.1) is 0 Å². The summed E-state index contributed by atoms with van der Waals surface area (Å²) in [7, 11) is 0. The molecule has 4 rings (SSSR count). The van der Waals surface area contributed by atoms with E-state index in [-0.39, 0.29) is 17.9 Å². The van der Waals surface area contributed by atoms with E-state index in [1.807, 2.05) is 22.8 Å². The number of fused-ring (bicyclic) bond motifs is 1. The predicted molar refractivity (Wildman–Crippen MR) is 93.4 cm³/mol. The fraction of sp³-hybridized carbons (Fsp3) is 0.333. The van der Waals surface area contributed by atoms with Crippen LogP contribution in [0.2, 0.25) is 5.15 Å². The Kier molecular flexibility index (Phi) is 4.36. The van der Waals surface area contributed by atoms with Gasteiger partial charge in [0.1, 0.15) is 11.8 Å². The summed E-state index contributed by atoms with van der Waals surface area (Å²) in [4.78, 5) is 24.8. The summed E-state index contributed by atoms with van der Waals surface area (Å²) in [6.07, 6.45) is 6.29. The van der Waals surface area contributed by atoms with Gasteiger partial charge in [-0.05, 0) is 25.0 Å². The molecule has 2 aromatic heterocycles. The van der Waals surface area contributed by atoms with Gasteiger partial charge in [0.25, 0.3) is 0 Å². The van der Waals surface area contributed by atoms with E-state index in [4.69, 9.17) is 16.3 Å². The van der Waals surface area contributed by atoms with Gasteiger partial charge in [-0.25, -0.2) is 19.7 Å². The van der Waals surface area contributed by atoms with Gasteiger partial charge in [0.2, 0.25) is 0 Å². The van der Waals surface area contributed by atoms with Crippen LogP contribution in [0, 0.1) is 5.92 Å². The van der Waals surface area contributed by atoms with Crippen molar-refractivity contribution in [2.45, 2.75) is 25.3 Å². The fourth-order valence-corrected chi connectivity index (χ4v) is 3.66. The van der Waals surface area contributed by atoms with Crippen LogP contribution in [0.25, 0.3) is 11.2 Å². The van der Waals surface area contributed by atoms with Crippen molar-refractivity contribution in [2.24, 2.45) is 5.92 Å². The molecule has 128 valence electrons. The number of carbonyl (C=O) groups is 1. The summed E-state index contributed by atoms with van der Waals surface area (Å²) in [5.74, 6) is -0.0501. The first-order chi connectivity index (χ1) is 12.2. The highest BCUT2D eigenvalue weighted by atomic mass is 35.5. The molecule has 0 saturated heterocycles. The summed E-state index contributed by atoms with van der Waals surface area (Å²) in [5.41, 5.74) is 1.91. The van der Waals surface area contributed by atoms with Crippen molar-refractivity contribution in [3.63, 3.8) is 0 Å². The average Bonchev–Trinajstić information content (AvgIpc) is 3.27. The Bertz CT molecular complexity index is 896. The Morgan fingerprint density at radius 2 is 2.04 bits per heavy atom. The average molecular weight is 357 g/mol. The van der Waals surface area contributed by atoms with Crippen molar-refractivity contribution in [2.75, 3.05) is 6.61 Å². The third kappa shape index (κ3) is 3.09. The summed E-state index contributed by atoms with van der Waals surface area (Å²) in [6, 6.07) is 9.25. The third-order valence-electron chi connectivity index (χ3n) is 4.73. The molecule has 2 atom stereocenters. The number of ether oxygens (including phenoxy) is 1. The number of rotatable bonds is 4. The van der Waals surface area contributed by atoms with Crippen LogP contribution in [0.4, 0.5) is 0 Å². The number of imidazole rings is 1. The van der Waals surface area contributed by atoms with Crippen LogP contribution < -0.4 is 0 Å². The predicted octanol–water partition coefficient (Wildman–Crippen LogP) is 3.68. The zero-order valence-corrected chi connectivity index (χ0v) is 14.3. The van der Waals surface area contributed by atoms with Crippen molar-refractivity contribution < 1.29 is 9.53 Å². The lowest BCUT2D eigenvalue weighted by molar-refractivity contribution is 0.0415. The molecule has 0 aliphatic heterocycles. The van der Waals surface area contributed by atoms with E-state index >= 15 is 0 Å². The maximum absolute atomic E-state index is 12.2. The third-order valence-corrected chi connectivity index (χ3v) is 5.00. The molecule has 0 radical (unpaired) electrons. The molecule has 0 unspecified atom stereocenters. The van der Waals surface area contributed by atoms with Gasteiger partial charge in [-0.1, -0.05) is 36.2 Å². The maximum Gasteiger partial charge on any atom is 0.338 e. The molecule has 2 heterocycles. The number of carbonyl (C=O) groups excluding carboxylic acids is 1. The van der Waals surface area contributed by atoms with E-state index < -0.39 is 0 Å². The number of benzene rings is 1. The van der Waals surface area contributed by atoms with Crippen LogP contribution in [0.15, 0.2) is 43.0 Å². The molecule has 3 aromatic rings. The Hall–Kier alpha value is -2.47. The maximum atomic E-state index is 12.2. The Balaban J connectivity index is 1.50. The van der Waals surface area contributed by atoms with Gasteiger partial charge >= 0.3 is 5.97 Å². The van der Waals surface area contributed by atoms with E-state index in [0.29, 0.717) is 22.8 Å². The molecule has 1 fully saturated rings. The number of aromatic nitrogens is 4. The standard InChI is InChI=1S/C18H17ClN4O2/c19-16-15-17(21-10-20-16)23(11-22-15)14-8-4-7-13(14)9-25-18(24)12-5-2-1-3-6-12/h1-3,5-6,10-11,13-14H,4,7-9H2/t13-,14+/m0/s1. The number of hydrogen-bond donors (Lipinski definition) is 0. The molecule has 6 nitrogen and oxygen atoms in total. The number of nitrogens with zero attached hydrogens (tertiary/aromatic N) is 4. The zero-order valence-electron chi connectivity index (χ0n) is 13.5. The van der Waals surface area contributed by atoms with Crippen LogP contribution in [0.3, 0.4) is 0 Å². The molecule has 1 aliphatic carbocycles. The second-order valence-electron chi connectivity index (χ2n) is 6.21. The first kappa shape index (κ1) is 16.0. The number of esters is 1. The summed E-state index contributed by atoms with van der Waals surface area (Å²) in [6.45, 7) is 0.386. The first-order valence-corrected chi connectivity index (χ1v) is 8.67. The lowest BCUT2D eigenvalue weighted by Crippen LogP contribution is -2.20. The van der Waals surface area contributed by atoms with Crippen LogP contribution in [-0.4, -0.2) is 32.1 Å². The largest absolute Gasteiger partial charge is 0.462 e. The second kappa shape index (κ2) is 6.80. The second-order valence-corrected chi connectivity index (χ2v) is 6.57. The minimum atomic E-state index is -0.285. The van der Waals surface area contributed by atoms with Gasteiger partial charge < -0.3 is 9.30 Å². The fourth-order valence-electron chi connectivity index (χ4n) is 3.48. The van der Waals surface area contributed by atoms with Crippen molar-refractivity contribution in [3.8, 4) is 0 Å². The zero-order chi connectivity index (χ0) is 17.2. The first-order valence-electron chi connectivity index (χ1n) is 8.29. The van der Waals surface area contributed by atoms with Crippen molar-refractivity contribution in [1.29, 1.82) is 0 Å². The molecular formula is C18H17ClN4O2. The van der Waals surface area contributed by atoms with E-state index in [1.54, 1.807) is 18.5 Å². The van der Waals surface area contributed by atoms with Crippen LogP contribution >= 0.6 is 11.6 Å². The highest BCUT2D eigenvalue weighted by Crippen LogP contribution is 2.37. The summed E-state index contributed by atoms with van der Waals surface area (Å²) < 4.78 is 7.58. The Labute approximate surface area is 149 Å². The molecule has 1 aromatic carbocycles. The topological polar surface area (TPSA) is 69.9 Å². The number of hydrogen-bond acceptors (Lipinski definition) is 5. The minimum Gasteiger partial charge on any atom is -0.462 e. The van der Waals surface area contributed by atoms with Crippen LogP contribution in [-0.2, 0) is 4.74 Å². The summed E-state index contributed by atoms with van der Waals surface area (Å²) >= 11 is 6.09. The monoisotopic (exact) mass is 356 g/mol. The molecule has 0 spiro atoms. The van der Waals surface area contributed by atoms with Gasteiger partial charge in [-0.3, -0.25) is 0 Å². The molecule has 7 heteroatoms. The molecule has 0 N–H and O–H groups in total. The molecule has 1 aliphatic rings. The van der Waals surface area contributed by atoms with E-state index in [2.05, 4.69) is 15.0 Å².